The Hall–Kier alpha value is -4.72. The van der Waals surface area contributed by atoms with Crippen LogP contribution in [0.2, 0.25) is 0 Å². The third-order valence-electron chi connectivity index (χ3n) is 7.44. The molecule has 0 aliphatic carbocycles. The molecule has 0 unspecified atom stereocenters. The van der Waals surface area contributed by atoms with E-state index in [-0.39, 0.29) is 11.9 Å². The van der Waals surface area contributed by atoms with E-state index in [1.54, 1.807) is 6.20 Å². The van der Waals surface area contributed by atoms with Gasteiger partial charge in [-0.3, -0.25) is 9.48 Å². The van der Waals surface area contributed by atoms with Crippen LogP contribution in [-0.4, -0.2) is 57.0 Å². The molecule has 3 heterocycles. The summed E-state index contributed by atoms with van der Waals surface area (Å²) in [4.78, 5) is 17.4. The Morgan fingerprint density at radius 3 is 2.21 bits per heavy atom. The van der Waals surface area contributed by atoms with E-state index >= 15 is 0 Å². The third-order valence-corrected chi connectivity index (χ3v) is 7.44. The average molecular weight is 519 g/mol. The van der Waals surface area contributed by atoms with Gasteiger partial charge in [0.15, 0.2) is 5.82 Å². The molecule has 0 radical (unpaired) electrons. The molecule has 0 bridgehead atoms. The summed E-state index contributed by atoms with van der Waals surface area (Å²) in [5.41, 5.74) is 2.42. The molecule has 1 saturated heterocycles. The maximum absolute atomic E-state index is 13.3. The first-order chi connectivity index (χ1) is 19.1. The van der Waals surface area contributed by atoms with Crippen LogP contribution >= 0.6 is 0 Å². The SMILES string of the molecule is CN(C(=O)c1ccc(Oc2ccccc2)cc1)C1CCN(c2nnc(-c3ccnn3C)c3ccccc23)CC1. The number of amides is 1. The van der Waals surface area contributed by atoms with E-state index in [0.29, 0.717) is 11.3 Å². The number of aromatic nitrogens is 4. The van der Waals surface area contributed by atoms with Gasteiger partial charge in [0.1, 0.15) is 17.2 Å². The minimum atomic E-state index is 0.0190. The number of anilines is 1. The molecule has 2 aromatic heterocycles. The molecular weight excluding hydrogens is 488 g/mol. The van der Waals surface area contributed by atoms with E-state index in [1.165, 1.54) is 0 Å². The van der Waals surface area contributed by atoms with Crippen molar-refractivity contribution in [3.8, 4) is 22.9 Å². The van der Waals surface area contributed by atoms with Crippen molar-refractivity contribution >= 4 is 22.5 Å². The first-order valence-electron chi connectivity index (χ1n) is 13.2. The van der Waals surface area contributed by atoms with Gasteiger partial charge in [0.2, 0.25) is 0 Å². The fourth-order valence-corrected chi connectivity index (χ4v) is 5.24. The number of ether oxygens (including phenoxy) is 1. The Bertz CT molecular complexity index is 1590. The van der Waals surface area contributed by atoms with Crippen LogP contribution in [0, 0.1) is 0 Å². The maximum atomic E-state index is 13.3. The summed E-state index contributed by atoms with van der Waals surface area (Å²) in [6.45, 7) is 1.60. The number of aryl methyl sites for hydroxylation is 1. The molecule has 1 aliphatic heterocycles. The van der Waals surface area contributed by atoms with Crippen LogP contribution in [0.3, 0.4) is 0 Å². The van der Waals surface area contributed by atoms with Gasteiger partial charge >= 0.3 is 0 Å². The zero-order valence-electron chi connectivity index (χ0n) is 22.1. The highest BCUT2D eigenvalue weighted by Gasteiger charge is 2.28. The van der Waals surface area contributed by atoms with Crippen molar-refractivity contribution in [2.45, 2.75) is 18.9 Å². The van der Waals surface area contributed by atoms with Crippen LogP contribution in [0.25, 0.3) is 22.2 Å². The van der Waals surface area contributed by atoms with Gasteiger partial charge in [-0.1, -0.05) is 42.5 Å². The number of carbonyl (C=O) groups is 1. The van der Waals surface area contributed by atoms with Gasteiger partial charge < -0.3 is 14.5 Å². The van der Waals surface area contributed by atoms with Gasteiger partial charge in [-0.15, -0.1) is 10.2 Å². The number of fused-ring (bicyclic) bond motifs is 1. The largest absolute Gasteiger partial charge is 0.457 e. The molecule has 39 heavy (non-hydrogen) atoms. The normalized spacial score (nSPS) is 13.9. The Kier molecular flexibility index (Phi) is 6.67. The standard InChI is InChI=1S/C31H30N6O2/c1-35(31(38)22-12-14-25(15-13-22)39-24-8-4-3-5-9-24)23-17-20-37(21-18-23)30-27-11-7-6-10-26(27)29(33-34-30)28-16-19-32-36(28)2/h3-16,19,23H,17-18,20-21H2,1-2H3. The highest BCUT2D eigenvalue weighted by Crippen LogP contribution is 2.33. The van der Waals surface area contributed by atoms with Crippen LogP contribution in [0.1, 0.15) is 23.2 Å². The van der Waals surface area contributed by atoms with Crippen molar-refractivity contribution in [3.05, 3.63) is 96.7 Å². The van der Waals surface area contributed by atoms with Crippen molar-refractivity contribution in [3.63, 3.8) is 0 Å². The van der Waals surface area contributed by atoms with Crippen molar-refractivity contribution in [2.75, 3.05) is 25.0 Å². The molecule has 1 aliphatic rings. The molecule has 196 valence electrons. The van der Waals surface area contributed by atoms with Crippen LogP contribution in [0.5, 0.6) is 11.5 Å². The summed E-state index contributed by atoms with van der Waals surface area (Å²) < 4.78 is 7.68. The number of rotatable bonds is 6. The van der Waals surface area contributed by atoms with Crippen LogP contribution in [0.15, 0.2) is 91.1 Å². The molecule has 5 aromatic rings. The summed E-state index contributed by atoms with van der Waals surface area (Å²) >= 11 is 0. The summed E-state index contributed by atoms with van der Waals surface area (Å²) in [5.74, 6) is 2.38. The Morgan fingerprint density at radius 2 is 1.51 bits per heavy atom. The quantitative estimate of drug-likeness (QED) is 0.293. The predicted octanol–water partition coefficient (Wildman–Crippen LogP) is 5.56. The molecule has 6 rings (SSSR count). The molecule has 0 atom stereocenters. The summed E-state index contributed by atoms with van der Waals surface area (Å²) in [6.07, 6.45) is 3.49. The second kappa shape index (κ2) is 10.6. The predicted molar refractivity (Wildman–Crippen MR) is 152 cm³/mol. The number of hydrogen-bond acceptors (Lipinski definition) is 6. The topological polar surface area (TPSA) is 76.4 Å². The smallest absolute Gasteiger partial charge is 0.253 e. The van der Waals surface area contributed by atoms with Crippen molar-refractivity contribution in [1.82, 2.24) is 24.9 Å². The highest BCUT2D eigenvalue weighted by molar-refractivity contribution is 6.00. The van der Waals surface area contributed by atoms with Crippen molar-refractivity contribution in [2.24, 2.45) is 7.05 Å². The van der Waals surface area contributed by atoms with E-state index < -0.39 is 0 Å². The molecule has 0 saturated carbocycles. The summed E-state index contributed by atoms with van der Waals surface area (Å²) in [5, 5.41) is 15.7. The Labute approximate surface area is 227 Å². The van der Waals surface area contributed by atoms with Crippen molar-refractivity contribution in [1.29, 1.82) is 0 Å². The third kappa shape index (κ3) is 4.93. The summed E-state index contributed by atoms with van der Waals surface area (Å²) in [6, 6.07) is 27.3. The lowest BCUT2D eigenvalue weighted by atomic mass is 10.0. The fourth-order valence-electron chi connectivity index (χ4n) is 5.24. The minimum absolute atomic E-state index is 0.0190. The first-order valence-corrected chi connectivity index (χ1v) is 13.2. The van der Waals surface area contributed by atoms with Gasteiger partial charge in [-0.2, -0.15) is 5.10 Å². The number of piperidine rings is 1. The number of nitrogens with zero attached hydrogens (tertiary/aromatic N) is 6. The van der Waals surface area contributed by atoms with E-state index in [9.17, 15) is 4.79 Å². The zero-order chi connectivity index (χ0) is 26.8. The van der Waals surface area contributed by atoms with Gasteiger partial charge in [0, 0.05) is 55.8 Å². The second-order valence-electron chi connectivity index (χ2n) is 9.83. The number of hydrogen-bond donors (Lipinski definition) is 0. The zero-order valence-corrected chi connectivity index (χ0v) is 22.1. The molecule has 1 fully saturated rings. The first kappa shape index (κ1) is 24.6. The fraction of sp³-hybridized carbons (Fsp3) is 0.226. The maximum Gasteiger partial charge on any atom is 0.253 e. The number of benzene rings is 3. The molecule has 1 amide bonds. The van der Waals surface area contributed by atoms with Gasteiger partial charge in [0.25, 0.3) is 5.91 Å². The van der Waals surface area contributed by atoms with E-state index in [1.807, 2.05) is 96.5 Å². The lowest BCUT2D eigenvalue weighted by molar-refractivity contribution is 0.0709. The van der Waals surface area contributed by atoms with Crippen LogP contribution in [0.4, 0.5) is 5.82 Å². The minimum Gasteiger partial charge on any atom is -0.457 e. The van der Waals surface area contributed by atoms with Gasteiger partial charge in [-0.05, 0) is 55.3 Å². The van der Waals surface area contributed by atoms with Crippen LogP contribution < -0.4 is 9.64 Å². The number of para-hydroxylation sites is 1. The Balaban J connectivity index is 1.13. The summed E-state index contributed by atoms with van der Waals surface area (Å²) in [7, 11) is 3.81. The van der Waals surface area contributed by atoms with Gasteiger partial charge in [0.05, 0.1) is 5.69 Å². The molecule has 3 aromatic carbocycles. The van der Waals surface area contributed by atoms with Crippen LogP contribution in [-0.2, 0) is 7.05 Å². The molecule has 8 nitrogen and oxygen atoms in total. The highest BCUT2D eigenvalue weighted by atomic mass is 16.5. The lowest BCUT2D eigenvalue weighted by Crippen LogP contribution is -2.46. The van der Waals surface area contributed by atoms with Gasteiger partial charge in [-0.25, -0.2) is 0 Å². The lowest BCUT2D eigenvalue weighted by Gasteiger charge is -2.37. The van der Waals surface area contributed by atoms with E-state index in [2.05, 4.69) is 32.3 Å². The van der Waals surface area contributed by atoms with Crippen molar-refractivity contribution < 1.29 is 9.53 Å². The van der Waals surface area contributed by atoms with E-state index in [0.717, 1.165) is 59.7 Å². The molecule has 8 heteroatoms. The average Bonchev–Trinajstić information content (AvgIpc) is 3.42. The second-order valence-corrected chi connectivity index (χ2v) is 9.83. The molecule has 0 N–H and O–H groups in total. The Morgan fingerprint density at radius 1 is 0.846 bits per heavy atom. The monoisotopic (exact) mass is 518 g/mol. The van der Waals surface area contributed by atoms with E-state index in [4.69, 9.17) is 4.74 Å². The molecular formula is C31H30N6O2. The number of carbonyl (C=O) groups excluding carboxylic acids is 1. The molecule has 0 spiro atoms.